The van der Waals surface area contributed by atoms with E-state index >= 15 is 0 Å². The van der Waals surface area contributed by atoms with Crippen LogP contribution in [0.25, 0.3) is 0 Å². The fourth-order valence-corrected chi connectivity index (χ4v) is 1.63. The lowest BCUT2D eigenvalue weighted by molar-refractivity contribution is -0.116. The van der Waals surface area contributed by atoms with Crippen LogP contribution in [-0.2, 0) is 11.2 Å². The van der Waals surface area contributed by atoms with Crippen molar-refractivity contribution in [3.05, 3.63) is 48.0 Å². The van der Waals surface area contributed by atoms with Crippen LogP contribution in [0.5, 0.6) is 0 Å². The Morgan fingerprint density at radius 1 is 1.45 bits per heavy atom. The summed E-state index contributed by atoms with van der Waals surface area (Å²) in [6.45, 7) is 0.299. The summed E-state index contributed by atoms with van der Waals surface area (Å²) in [6.07, 6.45) is 4.09. The maximum absolute atomic E-state index is 11.8. The van der Waals surface area contributed by atoms with Crippen LogP contribution in [0.15, 0.2) is 41.1 Å². The summed E-state index contributed by atoms with van der Waals surface area (Å²) in [7, 11) is 0. The SMILES string of the molecule is NCC#Cc1ccnc(NC(=O)CCc2ccco2)c1. The van der Waals surface area contributed by atoms with Gasteiger partial charge >= 0.3 is 0 Å². The molecule has 0 fully saturated rings. The molecule has 0 aliphatic rings. The van der Waals surface area contributed by atoms with Crippen LogP contribution < -0.4 is 11.1 Å². The van der Waals surface area contributed by atoms with Crippen molar-refractivity contribution < 1.29 is 9.21 Å². The lowest BCUT2D eigenvalue weighted by Crippen LogP contribution is -2.13. The van der Waals surface area contributed by atoms with Crippen molar-refractivity contribution in [1.82, 2.24) is 4.98 Å². The number of hydrogen-bond donors (Lipinski definition) is 2. The van der Waals surface area contributed by atoms with E-state index in [-0.39, 0.29) is 5.91 Å². The molecule has 20 heavy (non-hydrogen) atoms. The maximum Gasteiger partial charge on any atom is 0.225 e. The average molecular weight is 269 g/mol. The van der Waals surface area contributed by atoms with E-state index < -0.39 is 0 Å². The highest BCUT2D eigenvalue weighted by atomic mass is 16.3. The lowest BCUT2D eigenvalue weighted by atomic mass is 10.2. The monoisotopic (exact) mass is 269 g/mol. The zero-order valence-electron chi connectivity index (χ0n) is 10.9. The molecule has 5 heteroatoms. The first-order valence-corrected chi connectivity index (χ1v) is 6.25. The minimum atomic E-state index is -0.113. The molecule has 5 nitrogen and oxygen atoms in total. The fourth-order valence-electron chi connectivity index (χ4n) is 1.63. The second-order valence-electron chi connectivity index (χ2n) is 4.06. The van der Waals surface area contributed by atoms with E-state index in [4.69, 9.17) is 10.2 Å². The van der Waals surface area contributed by atoms with Crippen molar-refractivity contribution in [2.45, 2.75) is 12.8 Å². The van der Waals surface area contributed by atoms with Gasteiger partial charge in [0.15, 0.2) is 0 Å². The molecule has 2 rings (SSSR count). The zero-order valence-corrected chi connectivity index (χ0v) is 10.9. The topological polar surface area (TPSA) is 81.1 Å². The largest absolute Gasteiger partial charge is 0.469 e. The molecule has 2 aromatic rings. The molecule has 0 radical (unpaired) electrons. The van der Waals surface area contributed by atoms with E-state index in [0.29, 0.717) is 25.2 Å². The quantitative estimate of drug-likeness (QED) is 0.825. The third kappa shape index (κ3) is 4.26. The molecule has 0 aromatic carbocycles. The number of nitrogens with two attached hydrogens (primary N) is 1. The van der Waals surface area contributed by atoms with Gasteiger partial charge in [-0.1, -0.05) is 11.8 Å². The third-order valence-electron chi connectivity index (χ3n) is 2.54. The molecule has 2 aromatic heterocycles. The Hall–Kier alpha value is -2.58. The van der Waals surface area contributed by atoms with Gasteiger partial charge < -0.3 is 15.5 Å². The number of nitrogens with one attached hydrogen (secondary N) is 1. The molecule has 102 valence electrons. The fraction of sp³-hybridized carbons (Fsp3) is 0.200. The average Bonchev–Trinajstić information content (AvgIpc) is 2.97. The molecule has 0 saturated carbocycles. The van der Waals surface area contributed by atoms with E-state index in [2.05, 4.69) is 22.1 Å². The second-order valence-corrected chi connectivity index (χ2v) is 4.06. The van der Waals surface area contributed by atoms with E-state index in [1.54, 1.807) is 30.7 Å². The van der Waals surface area contributed by atoms with E-state index in [1.165, 1.54) is 0 Å². The van der Waals surface area contributed by atoms with Gasteiger partial charge in [0.05, 0.1) is 12.8 Å². The summed E-state index contributed by atoms with van der Waals surface area (Å²) in [5, 5.41) is 2.73. The number of pyridine rings is 1. The van der Waals surface area contributed by atoms with Crippen LogP contribution in [0, 0.1) is 11.8 Å². The Bertz CT molecular complexity index is 624. The number of hydrogen-bond acceptors (Lipinski definition) is 4. The Kier molecular flexibility index (Phi) is 4.93. The molecule has 1 amide bonds. The van der Waals surface area contributed by atoms with Crippen LogP contribution in [-0.4, -0.2) is 17.4 Å². The van der Waals surface area contributed by atoms with Crippen molar-refractivity contribution in [2.24, 2.45) is 5.73 Å². The predicted octanol–water partition coefficient (Wildman–Crippen LogP) is 1.56. The third-order valence-corrected chi connectivity index (χ3v) is 2.54. The molecule has 2 heterocycles. The summed E-state index contributed by atoms with van der Waals surface area (Å²) in [5.74, 6) is 6.80. The molecular weight excluding hydrogens is 254 g/mol. The van der Waals surface area contributed by atoms with Crippen LogP contribution >= 0.6 is 0 Å². The standard InChI is InChI=1S/C15H15N3O2/c16-8-1-3-12-7-9-17-14(11-12)18-15(19)6-5-13-4-2-10-20-13/h2,4,7,9-11H,5-6,8,16H2,(H,17,18,19). The first-order valence-electron chi connectivity index (χ1n) is 6.25. The molecule has 0 aliphatic heterocycles. The number of nitrogens with zero attached hydrogens (tertiary/aromatic N) is 1. The van der Waals surface area contributed by atoms with Gasteiger partial charge in [-0.05, 0) is 24.3 Å². The van der Waals surface area contributed by atoms with E-state index in [1.807, 2.05) is 6.07 Å². The molecule has 3 N–H and O–H groups in total. The molecule has 0 spiro atoms. The molecule has 0 aliphatic carbocycles. The van der Waals surface area contributed by atoms with Crippen molar-refractivity contribution in [2.75, 3.05) is 11.9 Å². The Balaban J connectivity index is 1.90. The maximum atomic E-state index is 11.8. The number of carbonyl (C=O) groups excluding carboxylic acids is 1. The van der Waals surface area contributed by atoms with E-state index in [9.17, 15) is 4.79 Å². The highest BCUT2D eigenvalue weighted by molar-refractivity contribution is 5.89. The number of aromatic nitrogens is 1. The summed E-state index contributed by atoms with van der Waals surface area (Å²) >= 11 is 0. The molecule has 0 bridgehead atoms. The number of furan rings is 1. The highest BCUT2D eigenvalue weighted by Crippen LogP contribution is 2.08. The van der Waals surface area contributed by atoms with Gasteiger partial charge in [-0.25, -0.2) is 4.98 Å². The zero-order chi connectivity index (χ0) is 14.2. The van der Waals surface area contributed by atoms with Crippen molar-refractivity contribution in [3.63, 3.8) is 0 Å². The summed E-state index contributed by atoms with van der Waals surface area (Å²) in [4.78, 5) is 15.9. The Morgan fingerprint density at radius 2 is 2.35 bits per heavy atom. The van der Waals surface area contributed by atoms with Crippen molar-refractivity contribution >= 4 is 11.7 Å². The number of aryl methyl sites for hydroxylation is 1. The van der Waals surface area contributed by atoms with Gasteiger partial charge in [-0.2, -0.15) is 0 Å². The molecular formula is C15H15N3O2. The molecule has 0 atom stereocenters. The first kappa shape index (κ1) is 13.8. The predicted molar refractivity (Wildman–Crippen MR) is 75.8 cm³/mol. The number of amides is 1. The second kappa shape index (κ2) is 7.12. The van der Waals surface area contributed by atoms with Crippen LogP contribution in [0.3, 0.4) is 0 Å². The Labute approximate surface area is 117 Å². The van der Waals surface area contributed by atoms with Crippen molar-refractivity contribution in [3.8, 4) is 11.8 Å². The summed E-state index contributed by atoms with van der Waals surface area (Å²) in [5.41, 5.74) is 6.08. The number of rotatable bonds is 4. The summed E-state index contributed by atoms with van der Waals surface area (Å²) < 4.78 is 5.17. The molecule has 0 unspecified atom stereocenters. The van der Waals surface area contributed by atoms with E-state index in [0.717, 1.165) is 11.3 Å². The van der Waals surface area contributed by atoms with Gasteiger partial charge in [0.25, 0.3) is 0 Å². The summed E-state index contributed by atoms with van der Waals surface area (Å²) in [6, 6.07) is 7.12. The van der Waals surface area contributed by atoms with Gasteiger partial charge in [0.2, 0.25) is 5.91 Å². The Morgan fingerprint density at radius 3 is 3.10 bits per heavy atom. The number of carbonyl (C=O) groups is 1. The van der Waals surface area contributed by atoms with Crippen LogP contribution in [0.1, 0.15) is 17.7 Å². The van der Waals surface area contributed by atoms with Crippen LogP contribution in [0.4, 0.5) is 5.82 Å². The lowest BCUT2D eigenvalue weighted by Gasteiger charge is -2.03. The minimum absolute atomic E-state index is 0.113. The van der Waals surface area contributed by atoms with Gasteiger partial charge in [-0.15, -0.1) is 0 Å². The highest BCUT2D eigenvalue weighted by Gasteiger charge is 2.05. The smallest absolute Gasteiger partial charge is 0.225 e. The molecule has 0 saturated heterocycles. The van der Waals surface area contributed by atoms with Gasteiger partial charge in [0.1, 0.15) is 11.6 Å². The normalized spacial score (nSPS) is 9.65. The van der Waals surface area contributed by atoms with Crippen LogP contribution in [0.2, 0.25) is 0 Å². The minimum Gasteiger partial charge on any atom is -0.469 e. The number of anilines is 1. The van der Waals surface area contributed by atoms with Gasteiger partial charge in [-0.3, -0.25) is 4.79 Å². The van der Waals surface area contributed by atoms with Crippen molar-refractivity contribution in [1.29, 1.82) is 0 Å². The van der Waals surface area contributed by atoms with Gasteiger partial charge in [0, 0.05) is 24.6 Å². The first-order chi connectivity index (χ1) is 9.78.